The molecule has 9 nitrogen and oxygen atoms in total. The van der Waals surface area contributed by atoms with Crippen molar-refractivity contribution in [2.24, 2.45) is 0 Å². The minimum absolute atomic E-state index is 0.0255. The molecule has 0 fully saturated rings. The lowest BCUT2D eigenvalue weighted by Crippen LogP contribution is -2.54. The van der Waals surface area contributed by atoms with Crippen LogP contribution in [0, 0.1) is 0 Å². The van der Waals surface area contributed by atoms with Crippen molar-refractivity contribution >= 4 is 39.1 Å². The molecule has 1 N–H and O–H groups in total. The normalized spacial score (nSPS) is 12.6. The van der Waals surface area contributed by atoms with Crippen LogP contribution >= 0.6 is 11.6 Å². The zero-order chi connectivity index (χ0) is 30.9. The van der Waals surface area contributed by atoms with Crippen LogP contribution in [0.25, 0.3) is 0 Å². The molecule has 0 aliphatic rings. The third-order valence-corrected chi connectivity index (χ3v) is 8.21. The van der Waals surface area contributed by atoms with E-state index in [0.717, 1.165) is 16.1 Å². The van der Waals surface area contributed by atoms with Crippen LogP contribution in [-0.4, -0.2) is 64.2 Å². The van der Waals surface area contributed by atoms with Gasteiger partial charge in [0.1, 0.15) is 24.1 Å². The standard InChI is InChI=1S/C31H38ClN3O6S/c1-6-22(2)33-31(37)28(18-23-11-8-7-9-12-23)34(20-24-13-10-14-25(32)17-24)30(36)21-35(42(5,38)39)27-19-26(40-3)15-16-29(27)41-4/h7-17,19,22,28H,6,18,20-21H2,1-5H3,(H,33,37)/t22-,28+/m0/s1. The summed E-state index contributed by atoms with van der Waals surface area (Å²) in [4.78, 5) is 29.4. The van der Waals surface area contributed by atoms with Gasteiger partial charge in [-0.25, -0.2) is 8.42 Å². The SMILES string of the molecule is CC[C@H](C)NC(=O)[C@@H](Cc1ccccc1)N(Cc1cccc(Cl)c1)C(=O)CN(c1cc(OC)ccc1OC)S(C)(=O)=O. The van der Waals surface area contributed by atoms with E-state index in [2.05, 4.69) is 5.32 Å². The fourth-order valence-electron chi connectivity index (χ4n) is 4.41. The quantitative estimate of drug-likeness (QED) is 0.282. The van der Waals surface area contributed by atoms with Crippen LogP contribution in [0.3, 0.4) is 0 Å². The van der Waals surface area contributed by atoms with Gasteiger partial charge in [-0.2, -0.15) is 0 Å². The predicted molar refractivity (Wildman–Crippen MR) is 166 cm³/mol. The number of sulfonamides is 1. The third kappa shape index (κ3) is 8.87. The minimum atomic E-state index is -3.98. The molecule has 0 unspecified atom stereocenters. The zero-order valence-corrected chi connectivity index (χ0v) is 26.1. The number of carbonyl (C=O) groups excluding carboxylic acids is 2. The molecule has 11 heteroatoms. The zero-order valence-electron chi connectivity index (χ0n) is 24.5. The number of amides is 2. The van der Waals surface area contributed by atoms with Crippen molar-refractivity contribution in [3.8, 4) is 11.5 Å². The van der Waals surface area contributed by atoms with Gasteiger partial charge >= 0.3 is 0 Å². The van der Waals surface area contributed by atoms with Gasteiger partial charge in [-0.3, -0.25) is 13.9 Å². The van der Waals surface area contributed by atoms with E-state index in [4.69, 9.17) is 21.1 Å². The smallest absolute Gasteiger partial charge is 0.244 e. The maximum atomic E-state index is 14.2. The summed E-state index contributed by atoms with van der Waals surface area (Å²) in [6, 6.07) is 20.0. The summed E-state index contributed by atoms with van der Waals surface area (Å²) in [5, 5.41) is 3.48. The molecular weight excluding hydrogens is 578 g/mol. The molecule has 0 saturated heterocycles. The Bertz CT molecular complexity index is 1470. The molecule has 3 aromatic rings. The van der Waals surface area contributed by atoms with E-state index in [-0.39, 0.29) is 36.4 Å². The highest BCUT2D eigenvalue weighted by molar-refractivity contribution is 7.92. The summed E-state index contributed by atoms with van der Waals surface area (Å²) in [5.41, 5.74) is 1.68. The molecule has 3 aromatic carbocycles. The molecule has 0 bridgehead atoms. The van der Waals surface area contributed by atoms with Gasteiger partial charge in [0.15, 0.2) is 0 Å². The van der Waals surface area contributed by atoms with Crippen LogP contribution in [0.1, 0.15) is 31.4 Å². The summed E-state index contributed by atoms with van der Waals surface area (Å²) in [5.74, 6) is -0.290. The van der Waals surface area contributed by atoms with Crippen LogP contribution in [-0.2, 0) is 32.6 Å². The van der Waals surface area contributed by atoms with Crippen molar-refractivity contribution < 1.29 is 27.5 Å². The molecule has 42 heavy (non-hydrogen) atoms. The van der Waals surface area contributed by atoms with Crippen LogP contribution in [0.2, 0.25) is 5.02 Å². The summed E-state index contributed by atoms with van der Waals surface area (Å²) >= 11 is 6.26. The molecule has 0 aromatic heterocycles. The van der Waals surface area contributed by atoms with Crippen molar-refractivity contribution in [1.29, 1.82) is 0 Å². The number of anilines is 1. The first kappa shape index (κ1) is 32.8. The van der Waals surface area contributed by atoms with Gasteiger partial charge < -0.3 is 19.7 Å². The molecule has 0 radical (unpaired) electrons. The third-order valence-electron chi connectivity index (χ3n) is 6.85. The number of ether oxygens (including phenoxy) is 2. The van der Waals surface area contributed by atoms with E-state index in [9.17, 15) is 18.0 Å². The Balaban J connectivity index is 2.11. The van der Waals surface area contributed by atoms with Crippen LogP contribution in [0.4, 0.5) is 5.69 Å². The molecule has 2 atom stereocenters. The number of benzene rings is 3. The second-order valence-electron chi connectivity index (χ2n) is 9.98. The fourth-order valence-corrected chi connectivity index (χ4v) is 5.47. The number of carbonyl (C=O) groups is 2. The summed E-state index contributed by atoms with van der Waals surface area (Å²) in [6.45, 7) is 3.29. The average molecular weight is 616 g/mol. The Labute approximate surface area is 253 Å². The summed E-state index contributed by atoms with van der Waals surface area (Å²) in [6.07, 6.45) is 1.93. The second kappa shape index (κ2) is 14.9. The van der Waals surface area contributed by atoms with Crippen LogP contribution < -0.4 is 19.1 Å². The first-order valence-electron chi connectivity index (χ1n) is 13.5. The van der Waals surface area contributed by atoms with Crippen LogP contribution in [0.15, 0.2) is 72.8 Å². The maximum absolute atomic E-state index is 14.2. The van der Waals surface area contributed by atoms with Gasteiger partial charge in [0, 0.05) is 30.1 Å². The van der Waals surface area contributed by atoms with Gasteiger partial charge in [0.2, 0.25) is 21.8 Å². The summed E-state index contributed by atoms with van der Waals surface area (Å²) in [7, 11) is -1.12. The lowest BCUT2D eigenvalue weighted by Gasteiger charge is -2.34. The predicted octanol–water partition coefficient (Wildman–Crippen LogP) is 4.68. The largest absolute Gasteiger partial charge is 0.497 e. The summed E-state index contributed by atoms with van der Waals surface area (Å²) < 4.78 is 37.9. The topological polar surface area (TPSA) is 105 Å². The van der Waals surface area contributed by atoms with Gasteiger partial charge in [-0.15, -0.1) is 0 Å². The van der Waals surface area contributed by atoms with Gasteiger partial charge in [-0.05, 0) is 48.7 Å². The fraction of sp³-hybridized carbons (Fsp3) is 0.355. The Morgan fingerprint density at radius 3 is 2.24 bits per heavy atom. The molecule has 0 spiro atoms. The Hall–Kier alpha value is -3.76. The minimum Gasteiger partial charge on any atom is -0.497 e. The number of hydrogen-bond donors (Lipinski definition) is 1. The first-order valence-corrected chi connectivity index (χ1v) is 15.8. The second-order valence-corrected chi connectivity index (χ2v) is 12.3. The number of hydrogen-bond acceptors (Lipinski definition) is 6. The molecule has 3 rings (SSSR count). The number of halogens is 1. The Morgan fingerprint density at radius 2 is 1.64 bits per heavy atom. The number of nitrogens with one attached hydrogen (secondary N) is 1. The number of methoxy groups -OCH3 is 2. The molecule has 0 aliphatic heterocycles. The van der Waals surface area contributed by atoms with E-state index in [1.807, 2.05) is 44.2 Å². The molecule has 0 saturated carbocycles. The highest BCUT2D eigenvalue weighted by Gasteiger charge is 2.34. The maximum Gasteiger partial charge on any atom is 0.244 e. The van der Waals surface area contributed by atoms with E-state index >= 15 is 0 Å². The van der Waals surface area contributed by atoms with Crippen molar-refractivity contribution in [3.63, 3.8) is 0 Å². The van der Waals surface area contributed by atoms with Gasteiger partial charge in [-0.1, -0.05) is 61.0 Å². The molecular formula is C31H38ClN3O6S. The highest BCUT2D eigenvalue weighted by atomic mass is 35.5. The Morgan fingerprint density at radius 1 is 0.952 bits per heavy atom. The van der Waals surface area contributed by atoms with E-state index < -0.39 is 28.5 Å². The van der Waals surface area contributed by atoms with Crippen LogP contribution in [0.5, 0.6) is 11.5 Å². The van der Waals surface area contributed by atoms with E-state index in [0.29, 0.717) is 22.8 Å². The molecule has 0 heterocycles. The Kier molecular flexibility index (Phi) is 11.6. The van der Waals surface area contributed by atoms with Crippen molar-refractivity contribution in [3.05, 3.63) is 88.9 Å². The lowest BCUT2D eigenvalue weighted by atomic mass is 10.0. The van der Waals surface area contributed by atoms with E-state index in [1.165, 1.54) is 25.2 Å². The van der Waals surface area contributed by atoms with Crippen molar-refractivity contribution in [2.45, 2.75) is 45.3 Å². The first-order chi connectivity index (χ1) is 20.0. The van der Waals surface area contributed by atoms with Crippen molar-refractivity contribution in [1.82, 2.24) is 10.2 Å². The molecule has 0 aliphatic carbocycles. The number of nitrogens with zero attached hydrogens (tertiary/aromatic N) is 2. The monoisotopic (exact) mass is 615 g/mol. The van der Waals surface area contributed by atoms with Gasteiger partial charge in [0.05, 0.1) is 26.2 Å². The van der Waals surface area contributed by atoms with Crippen molar-refractivity contribution in [2.75, 3.05) is 31.3 Å². The highest BCUT2D eigenvalue weighted by Crippen LogP contribution is 2.34. The lowest BCUT2D eigenvalue weighted by molar-refractivity contribution is -0.140. The molecule has 2 amide bonds. The number of rotatable bonds is 14. The molecule has 226 valence electrons. The average Bonchev–Trinajstić information content (AvgIpc) is 2.97. The van der Waals surface area contributed by atoms with Gasteiger partial charge in [0.25, 0.3) is 0 Å². The van der Waals surface area contributed by atoms with E-state index in [1.54, 1.807) is 36.4 Å².